The molecule has 3 heteroatoms. The van der Waals surface area contributed by atoms with Gasteiger partial charge in [0.25, 0.3) is 0 Å². The normalized spacial score (nSPS) is 31.7. The SMILES string of the molecule is CC1[Si](C)(C)O[Si]1(C)C. The van der Waals surface area contributed by atoms with Gasteiger partial charge in [-0.3, -0.25) is 0 Å². The van der Waals surface area contributed by atoms with Crippen LogP contribution in [-0.2, 0) is 4.12 Å². The maximum atomic E-state index is 5.90. The smallest absolute Gasteiger partial charge is 0.175 e. The van der Waals surface area contributed by atoms with Crippen LogP contribution in [0.25, 0.3) is 0 Å². The predicted molar refractivity (Wildman–Crippen MR) is 45.5 cm³/mol. The minimum Gasteiger partial charge on any atom is -0.455 e. The van der Waals surface area contributed by atoms with Crippen molar-refractivity contribution in [1.82, 2.24) is 0 Å². The van der Waals surface area contributed by atoms with Gasteiger partial charge in [0.2, 0.25) is 0 Å². The first-order valence-corrected chi connectivity index (χ1v) is 9.53. The van der Waals surface area contributed by atoms with E-state index in [0.717, 1.165) is 5.16 Å². The fourth-order valence-corrected chi connectivity index (χ4v) is 14.7. The molecule has 1 rings (SSSR count). The Balaban J connectivity index is 2.62. The van der Waals surface area contributed by atoms with Crippen molar-refractivity contribution in [2.45, 2.75) is 38.3 Å². The summed E-state index contributed by atoms with van der Waals surface area (Å²) in [6.45, 7) is 11.6. The van der Waals surface area contributed by atoms with E-state index in [9.17, 15) is 0 Å². The molecule has 0 saturated carbocycles. The summed E-state index contributed by atoms with van der Waals surface area (Å²) in [7, 11) is -2.26. The van der Waals surface area contributed by atoms with Crippen molar-refractivity contribution < 1.29 is 4.12 Å². The highest BCUT2D eigenvalue weighted by molar-refractivity contribution is 7.04. The highest BCUT2D eigenvalue weighted by Crippen LogP contribution is 2.44. The van der Waals surface area contributed by atoms with Crippen molar-refractivity contribution in [2.24, 2.45) is 0 Å². The molecule has 0 N–H and O–H groups in total. The first-order valence-electron chi connectivity index (χ1n) is 3.56. The average molecular weight is 160 g/mol. The molecule has 0 aromatic rings. The van der Waals surface area contributed by atoms with Gasteiger partial charge in [-0.25, -0.2) is 0 Å². The standard InChI is InChI=1S/C6H16OSi2/c1-6-8(2,3)7-9(6,4)5/h6H,1-5H3. The van der Waals surface area contributed by atoms with E-state index in [-0.39, 0.29) is 0 Å². The molecule has 0 radical (unpaired) electrons. The van der Waals surface area contributed by atoms with Gasteiger partial charge in [0.1, 0.15) is 0 Å². The maximum Gasteiger partial charge on any atom is 0.175 e. The molecule has 0 atom stereocenters. The van der Waals surface area contributed by atoms with Crippen molar-refractivity contribution >= 4 is 16.6 Å². The van der Waals surface area contributed by atoms with Gasteiger partial charge in [-0.05, 0) is 31.4 Å². The molecule has 1 heterocycles. The lowest BCUT2D eigenvalue weighted by Crippen LogP contribution is -2.65. The topological polar surface area (TPSA) is 9.23 Å². The molecular formula is C6H16OSi2. The van der Waals surface area contributed by atoms with Gasteiger partial charge >= 0.3 is 0 Å². The van der Waals surface area contributed by atoms with Gasteiger partial charge < -0.3 is 4.12 Å². The Morgan fingerprint density at radius 1 is 1.00 bits per heavy atom. The van der Waals surface area contributed by atoms with Crippen LogP contribution in [0.15, 0.2) is 0 Å². The number of rotatable bonds is 0. The Kier molecular flexibility index (Phi) is 1.42. The molecule has 0 aliphatic carbocycles. The summed E-state index contributed by atoms with van der Waals surface area (Å²) >= 11 is 0. The lowest BCUT2D eigenvalue weighted by Gasteiger charge is -2.53. The van der Waals surface area contributed by atoms with E-state index >= 15 is 0 Å². The van der Waals surface area contributed by atoms with Crippen LogP contribution in [-0.4, -0.2) is 16.6 Å². The summed E-state index contributed by atoms with van der Waals surface area (Å²) in [6.07, 6.45) is 0. The Hall–Kier alpha value is 0.394. The van der Waals surface area contributed by atoms with Gasteiger partial charge in [-0.2, -0.15) is 0 Å². The van der Waals surface area contributed by atoms with Crippen LogP contribution in [0.1, 0.15) is 6.92 Å². The molecule has 9 heavy (non-hydrogen) atoms. The van der Waals surface area contributed by atoms with E-state index < -0.39 is 16.6 Å². The van der Waals surface area contributed by atoms with Crippen LogP contribution < -0.4 is 0 Å². The highest BCUT2D eigenvalue weighted by Gasteiger charge is 2.54. The van der Waals surface area contributed by atoms with Crippen LogP contribution in [0.2, 0.25) is 31.4 Å². The zero-order valence-electron chi connectivity index (χ0n) is 6.99. The summed E-state index contributed by atoms with van der Waals surface area (Å²) in [5.41, 5.74) is 0. The zero-order chi connectivity index (χ0) is 7.28. The van der Waals surface area contributed by atoms with Gasteiger partial charge in [-0.1, -0.05) is 6.92 Å². The molecule has 1 saturated heterocycles. The predicted octanol–water partition coefficient (Wildman–Crippen LogP) is 2.36. The zero-order valence-corrected chi connectivity index (χ0v) is 8.99. The Bertz CT molecular complexity index is 117. The molecule has 1 aliphatic rings. The lowest BCUT2D eigenvalue weighted by molar-refractivity contribution is 0.468. The van der Waals surface area contributed by atoms with E-state index in [2.05, 4.69) is 33.1 Å². The molecule has 0 amide bonds. The third kappa shape index (κ3) is 1.01. The molecule has 0 spiro atoms. The van der Waals surface area contributed by atoms with E-state index in [1.54, 1.807) is 0 Å². The monoisotopic (exact) mass is 160 g/mol. The summed E-state index contributed by atoms with van der Waals surface area (Å²) < 4.78 is 5.90. The summed E-state index contributed by atoms with van der Waals surface area (Å²) in [5.74, 6) is 0. The summed E-state index contributed by atoms with van der Waals surface area (Å²) in [5, 5.41) is 0.949. The average Bonchev–Trinajstić information content (AvgIpc) is 1.63. The highest BCUT2D eigenvalue weighted by atomic mass is 28.5. The Morgan fingerprint density at radius 3 is 1.33 bits per heavy atom. The number of hydrogen-bond acceptors (Lipinski definition) is 1. The summed E-state index contributed by atoms with van der Waals surface area (Å²) in [4.78, 5) is 0. The molecule has 1 fully saturated rings. The second-order valence-electron chi connectivity index (χ2n) is 4.03. The van der Waals surface area contributed by atoms with E-state index in [1.807, 2.05) is 0 Å². The number of hydrogen-bond donors (Lipinski definition) is 0. The largest absolute Gasteiger partial charge is 0.455 e. The Labute approximate surface area is 59.7 Å². The fraction of sp³-hybridized carbons (Fsp3) is 1.00. The quantitative estimate of drug-likeness (QED) is 0.494. The van der Waals surface area contributed by atoms with Crippen molar-refractivity contribution in [3.05, 3.63) is 0 Å². The Morgan fingerprint density at radius 2 is 1.33 bits per heavy atom. The minimum atomic E-state index is -1.13. The third-order valence-electron chi connectivity index (χ3n) is 2.61. The van der Waals surface area contributed by atoms with Crippen LogP contribution in [0.5, 0.6) is 0 Å². The molecule has 1 aliphatic heterocycles. The lowest BCUT2D eigenvalue weighted by atomic mass is 10.9. The van der Waals surface area contributed by atoms with E-state index in [1.165, 1.54) is 0 Å². The maximum absolute atomic E-state index is 5.90. The van der Waals surface area contributed by atoms with E-state index in [0.29, 0.717) is 0 Å². The van der Waals surface area contributed by atoms with E-state index in [4.69, 9.17) is 4.12 Å². The molecule has 0 unspecified atom stereocenters. The molecule has 0 aromatic carbocycles. The fourth-order valence-electron chi connectivity index (χ4n) is 1.63. The van der Waals surface area contributed by atoms with Crippen LogP contribution in [0.4, 0.5) is 0 Å². The van der Waals surface area contributed by atoms with Crippen molar-refractivity contribution in [2.75, 3.05) is 0 Å². The van der Waals surface area contributed by atoms with Crippen LogP contribution in [0, 0.1) is 0 Å². The second-order valence-corrected chi connectivity index (χ2v) is 13.6. The van der Waals surface area contributed by atoms with Crippen molar-refractivity contribution in [1.29, 1.82) is 0 Å². The van der Waals surface area contributed by atoms with Crippen molar-refractivity contribution in [3.63, 3.8) is 0 Å². The molecule has 54 valence electrons. The first kappa shape index (κ1) is 7.50. The van der Waals surface area contributed by atoms with Gasteiger partial charge in [-0.15, -0.1) is 0 Å². The second kappa shape index (κ2) is 1.71. The van der Waals surface area contributed by atoms with Crippen LogP contribution >= 0.6 is 0 Å². The molecule has 1 nitrogen and oxygen atoms in total. The molecular weight excluding hydrogens is 144 g/mol. The van der Waals surface area contributed by atoms with Gasteiger partial charge in [0, 0.05) is 0 Å². The van der Waals surface area contributed by atoms with Gasteiger partial charge in [0.05, 0.1) is 0 Å². The van der Waals surface area contributed by atoms with Crippen molar-refractivity contribution in [3.8, 4) is 0 Å². The van der Waals surface area contributed by atoms with Gasteiger partial charge in [0.15, 0.2) is 16.6 Å². The minimum absolute atomic E-state index is 0.949. The van der Waals surface area contributed by atoms with Crippen LogP contribution in [0.3, 0.4) is 0 Å². The molecule has 0 bridgehead atoms. The summed E-state index contributed by atoms with van der Waals surface area (Å²) in [6, 6.07) is 0. The first-order chi connectivity index (χ1) is 3.86. The third-order valence-corrected chi connectivity index (χ3v) is 15.2. The molecule has 0 aromatic heterocycles.